The zero-order valence-corrected chi connectivity index (χ0v) is 16.3. The van der Waals surface area contributed by atoms with E-state index in [9.17, 15) is 9.18 Å². The Bertz CT molecular complexity index is 1180. The Morgan fingerprint density at radius 2 is 1.77 bits per heavy atom. The van der Waals surface area contributed by atoms with Gasteiger partial charge < -0.3 is 9.30 Å². The summed E-state index contributed by atoms with van der Waals surface area (Å²) in [7, 11) is 0. The molecule has 0 atom stereocenters. The van der Waals surface area contributed by atoms with Crippen LogP contribution in [-0.4, -0.2) is 43.5 Å². The first-order valence-electron chi connectivity index (χ1n) is 9.93. The van der Waals surface area contributed by atoms with Crippen molar-refractivity contribution in [3.8, 4) is 0 Å². The van der Waals surface area contributed by atoms with Crippen molar-refractivity contribution in [1.29, 1.82) is 0 Å². The lowest BCUT2D eigenvalue weighted by molar-refractivity contribution is 0.0677. The van der Waals surface area contributed by atoms with E-state index in [-0.39, 0.29) is 17.1 Å². The van der Waals surface area contributed by atoms with E-state index >= 15 is 0 Å². The first-order valence-corrected chi connectivity index (χ1v) is 9.93. The smallest absolute Gasteiger partial charge is 0.274 e. The molecule has 1 fully saturated rings. The fourth-order valence-corrected chi connectivity index (χ4v) is 4.31. The van der Waals surface area contributed by atoms with Crippen LogP contribution >= 0.6 is 0 Å². The van der Waals surface area contributed by atoms with Crippen LogP contribution in [0.25, 0.3) is 5.65 Å². The van der Waals surface area contributed by atoms with Crippen LogP contribution in [0.4, 0.5) is 4.39 Å². The average molecular weight is 401 g/mol. The second-order valence-corrected chi connectivity index (χ2v) is 7.59. The summed E-state index contributed by atoms with van der Waals surface area (Å²) in [6.45, 7) is 1.15. The molecular weight excluding hydrogens is 381 g/mol. The summed E-state index contributed by atoms with van der Waals surface area (Å²) in [5.74, 6) is -0.411. The quantitative estimate of drug-likeness (QED) is 0.527. The lowest BCUT2D eigenvalue weighted by Gasteiger charge is -2.41. The zero-order chi connectivity index (χ0) is 20.6. The maximum Gasteiger partial charge on any atom is 0.274 e. The number of aromatic nitrogens is 4. The van der Waals surface area contributed by atoms with Gasteiger partial charge in [-0.15, -0.1) is 5.10 Å². The standard InChI is InChI=1S/C23H20FN5O/c24-18-8-9-21-26-20(16-29(21)15-18)23(17-5-2-1-3-6-17)10-13-28(14-11-23)22(30)19-7-4-12-25-27-19/h1-9,12,15-16H,10-11,13-14H2. The summed E-state index contributed by atoms with van der Waals surface area (Å²) in [5, 5.41) is 7.77. The number of fused-ring (bicyclic) bond motifs is 1. The number of amides is 1. The minimum absolute atomic E-state index is 0.109. The normalized spacial score (nSPS) is 16.0. The number of nitrogens with zero attached hydrogens (tertiary/aromatic N) is 5. The molecule has 0 spiro atoms. The van der Waals surface area contributed by atoms with E-state index in [4.69, 9.17) is 4.98 Å². The van der Waals surface area contributed by atoms with Gasteiger partial charge in [0.1, 0.15) is 11.5 Å². The fraction of sp³-hybridized carbons (Fsp3) is 0.217. The van der Waals surface area contributed by atoms with Gasteiger partial charge in [0.25, 0.3) is 5.91 Å². The summed E-state index contributed by atoms with van der Waals surface area (Å²) >= 11 is 0. The Kier molecular flexibility index (Phi) is 4.50. The number of carbonyl (C=O) groups excluding carboxylic acids is 1. The van der Waals surface area contributed by atoms with E-state index < -0.39 is 0 Å². The summed E-state index contributed by atoms with van der Waals surface area (Å²) in [5.41, 5.74) is 2.77. The Balaban J connectivity index is 1.50. The van der Waals surface area contributed by atoms with E-state index in [2.05, 4.69) is 22.3 Å². The molecular formula is C23H20FN5O. The van der Waals surface area contributed by atoms with Crippen molar-refractivity contribution in [2.45, 2.75) is 18.3 Å². The first kappa shape index (κ1) is 18.4. The summed E-state index contributed by atoms with van der Waals surface area (Å²) in [4.78, 5) is 19.5. The Morgan fingerprint density at radius 1 is 0.967 bits per heavy atom. The van der Waals surface area contributed by atoms with E-state index in [0.29, 0.717) is 24.4 Å². The molecule has 0 unspecified atom stereocenters. The molecule has 0 radical (unpaired) electrons. The number of imidazole rings is 1. The molecule has 7 heteroatoms. The van der Waals surface area contributed by atoms with E-state index in [1.807, 2.05) is 29.3 Å². The molecule has 4 aromatic rings. The van der Waals surface area contributed by atoms with Crippen molar-refractivity contribution in [3.05, 3.63) is 96.0 Å². The van der Waals surface area contributed by atoms with E-state index in [1.54, 1.807) is 28.8 Å². The third kappa shape index (κ3) is 3.12. The molecule has 6 nitrogen and oxygen atoms in total. The molecule has 5 rings (SSSR count). The van der Waals surface area contributed by atoms with Gasteiger partial charge in [0.2, 0.25) is 0 Å². The van der Waals surface area contributed by atoms with Crippen molar-refractivity contribution in [2.24, 2.45) is 0 Å². The highest BCUT2D eigenvalue weighted by molar-refractivity contribution is 5.92. The number of rotatable bonds is 3. The molecule has 1 aromatic carbocycles. The maximum absolute atomic E-state index is 13.7. The Labute approximate surface area is 173 Å². The van der Waals surface area contributed by atoms with Gasteiger partial charge in [0.15, 0.2) is 5.69 Å². The minimum atomic E-state index is -0.344. The molecule has 0 N–H and O–H groups in total. The number of pyridine rings is 1. The largest absolute Gasteiger partial charge is 0.337 e. The summed E-state index contributed by atoms with van der Waals surface area (Å²) in [6.07, 6.45) is 6.34. The van der Waals surface area contributed by atoms with Crippen molar-refractivity contribution < 1.29 is 9.18 Å². The number of hydrogen-bond donors (Lipinski definition) is 0. The topological polar surface area (TPSA) is 63.4 Å². The molecule has 0 bridgehead atoms. The van der Waals surface area contributed by atoms with Gasteiger partial charge in [0.05, 0.1) is 5.69 Å². The van der Waals surface area contributed by atoms with Crippen LogP contribution in [0.5, 0.6) is 0 Å². The highest BCUT2D eigenvalue weighted by Crippen LogP contribution is 2.41. The number of benzene rings is 1. The molecule has 0 aliphatic carbocycles. The third-order valence-electron chi connectivity index (χ3n) is 5.93. The van der Waals surface area contributed by atoms with Crippen LogP contribution < -0.4 is 0 Å². The molecule has 30 heavy (non-hydrogen) atoms. The van der Waals surface area contributed by atoms with Crippen molar-refractivity contribution in [2.75, 3.05) is 13.1 Å². The number of halogens is 1. The second-order valence-electron chi connectivity index (χ2n) is 7.59. The molecule has 1 amide bonds. The first-order chi connectivity index (χ1) is 14.7. The van der Waals surface area contributed by atoms with Gasteiger partial charge in [-0.25, -0.2) is 9.37 Å². The van der Waals surface area contributed by atoms with Crippen LogP contribution in [-0.2, 0) is 5.41 Å². The third-order valence-corrected chi connectivity index (χ3v) is 5.93. The minimum Gasteiger partial charge on any atom is -0.337 e. The van der Waals surface area contributed by atoms with Gasteiger partial charge >= 0.3 is 0 Å². The lowest BCUT2D eigenvalue weighted by atomic mass is 9.70. The van der Waals surface area contributed by atoms with Gasteiger partial charge in [-0.05, 0) is 42.7 Å². The van der Waals surface area contributed by atoms with Crippen LogP contribution in [0.3, 0.4) is 0 Å². The molecule has 4 heterocycles. The van der Waals surface area contributed by atoms with Crippen LogP contribution in [0.1, 0.15) is 34.6 Å². The number of carbonyl (C=O) groups is 1. The van der Waals surface area contributed by atoms with Crippen molar-refractivity contribution >= 4 is 11.6 Å². The fourth-order valence-electron chi connectivity index (χ4n) is 4.31. The highest BCUT2D eigenvalue weighted by atomic mass is 19.1. The SMILES string of the molecule is O=C(c1cccnn1)N1CCC(c2ccccc2)(c2cn3cc(F)ccc3n2)CC1. The molecule has 150 valence electrons. The second kappa shape index (κ2) is 7.33. The average Bonchev–Trinajstić information content (AvgIpc) is 3.23. The monoisotopic (exact) mass is 401 g/mol. The predicted octanol–water partition coefficient (Wildman–Crippen LogP) is 3.49. The maximum atomic E-state index is 13.7. The van der Waals surface area contributed by atoms with E-state index in [1.165, 1.54) is 12.3 Å². The van der Waals surface area contributed by atoms with Crippen molar-refractivity contribution in [1.82, 2.24) is 24.5 Å². The van der Waals surface area contributed by atoms with E-state index in [0.717, 1.165) is 24.1 Å². The van der Waals surface area contributed by atoms with Crippen LogP contribution in [0.2, 0.25) is 0 Å². The number of likely N-dealkylation sites (tertiary alicyclic amines) is 1. The molecule has 3 aromatic heterocycles. The number of piperidine rings is 1. The molecule has 1 aliphatic heterocycles. The zero-order valence-electron chi connectivity index (χ0n) is 16.3. The molecule has 1 aliphatic rings. The van der Waals surface area contributed by atoms with Gasteiger partial charge in [-0.1, -0.05) is 30.3 Å². The Morgan fingerprint density at radius 3 is 2.50 bits per heavy atom. The number of hydrogen-bond acceptors (Lipinski definition) is 4. The lowest BCUT2D eigenvalue weighted by Crippen LogP contribution is -2.46. The van der Waals surface area contributed by atoms with Crippen LogP contribution in [0, 0.1) is 5.82 Å². The van der Waals surface area contributed by atoms with Gasteiger partial charge in [-0.2, -0.15) is 5.10 Å². The summed E-state index contributed by atoms with van der Waals surface area (Å²) in [6, 6.07) is 16.7. The molecule has 0 saturated carbocycles. The molecule has 1 saturated heterocycles. The van der Waals surface area contributed by atoms with Crippen molar-refractivity contribution in [3.63, 3.8) is 0 Å². The Hall–Kier alpha value is -3.61. The summed E-state index contributed by atoms with van der Waals surface area (Å²) < 4.78 is 15.4. The highest BCUT2D eigenvalue weighted by Gasteiger charge is 2.41. The predicted molar refractivity (Wildman–Crippen MR) is 110 cm³/mol. The van der Waals surface area contributed by atoms with Gasteiger partial charge in [-0.3, -0.25) is 4.79 Å². The van der Waals surface area contributed by atoms with Gasteiger partial charge in [0, 0.05) is 37.1 Å². The van der Waals surface area contributed by atoms with Crippen LogP contribution in [0.15, 0.2) is 73.2 Å².